The lowest BCUT2D eigenvalue weighted by atomic mass is 10.0. The zero-order chi connectivity index (χ0) is 20.1. The summed E-state index contributed by atoms with van der Waals surface area (Å²) in [6.07, 6.45) is -5.04. The summed E-state index contributed by atoms with van der Waals surface area (Å²) in [5, 5.41) is 0.748. The number of nitrogens with one attached hydrogen (secondary N) is 1. The van der Waals surface area contributed by atoms with Crippen LogP contribution in [0.3, 0.4) is 0 Å². The molecule has 0 aliphatic carbocycles. The molecule has 0 radical (unpaired) electrons. The summed E-state index contributed by atoms with van der Waals surface area (Å²) in [6.45, 7) is 2.07. The maximum atomic E-state index is 13.3. The minimum atomic E-state index is -4.54. The number of aromatic amines is 1. The van der Waals surface area contributed by atoms with Crippen LogP contribution in [0.25, 0.3) is 22.0 Å². The number of hydrogen-bond donors (Lipinski definition) is 1. The molecule has 1 atom stereocenters. The van der Waals surface area contributed by atoms with Gasteiger partial charge in [-0.15, -0.1) is 0 Å². The number of carbonyl (C=O) groups is 1. The van der Waals surface area contributed by atoms with Crippen LogP contribution in [0.4, 0.5) is 23.7 Å². The van der Waals surface area contributed by atoms with E-state index >= 15 is 0 Å². The molecule has 5 nitrogen and oxygen atoms in total. The van der Waals surface area contributed by atoms with Crippen molar-refractivity contribution in [2.75, 3.05) is 11.5 Å². The van der Waals surface area contributed by atoms with Crippen LogP contribution < -0.4 is 10.5 Å². The summed E-state index contributed by atoms with van der Waals surface area (Å²) < 4.78 is 44.9. The van der Waals surface area contributed by atoms with Crippen molar-refractivity contribution in [3.05, 3.63) is 64.4 Å². The van der Waals surface area contributed by atoms with Crippen LogP contribution in [0.15, 0.2) is 53.3 Å². The molecule has 1 aliphatic heterocycles. The van der Waals surface area contributed by atoms with Crippen LogP contribution in [0.1, 0.15) is 12.5 Å². The molecule has 28 heavy (non-hydrogen) atoms. The van der Waals surface area contributed by atoms with Gasteiger partial charge in [0.1, 0.15) is 6.61 Å². The molecular formula is C20H15F3N2O3. The molecule has 1 aliphatic rings. The first kappa shape index (κ1) is 18.1. The number of cyclic esters (lactones) is 1. The molecule has 8 heteroatoms. The molecule has 3 aromatic rings. The molecule has 2 heterocycles. The Labute approximate surface area is 157 Å². The van der Waals surface area contributed by atoms with Crippen LogP contribution in [0, 0.1) is 0 Å². The average molecular weight is 388 g/mol. The van der Waals surface area contributed by atoms with Crippen molar-refractivity contribution < 1.29 is 22.7 Å². The van der Waals surface area contributed by atoms with E-state index in [1.807, 2.05) is 6.92 Å². The van der Waals surface area contributed by atoms with Gasteiger partial charge in [-0.25, -0.2) is 4.79 Å². The second-order valence-corrected chi connectivity index (χ2v) is 6.62. The van der Waals surface area contributed by atoms with Crippen LogP contribution in [-0.2, 0) is 10.9 Å². The highest BCUT2D eigenvalue weighted by molar-refractivity contribution is 5.95. The predicted octanol–water partition coefficient (Wildman–Crippen LogP) is 4.56. The number of anilines is 1. The first-order valence-electron chi connectivity index (χ1n) is 8.55. The Hall–Kier alpha value is -3.29. The van der Waals surface area contributed by atoms with E-state index in [1.54, 1.807) is 12.1 Å². The van der Waals surface area contributed by atoms with Gasteiger partial charge in [-0.05, 0) is 36.6 Å². The van der Waals surface area contributed by atoms with E-state index in [4.69, 9.17) is 4.74 Å². The monoisotopic (exact) mass is 388 g/mol. The number of carbonyl (C=O) groups excluding carboxylic acids is 1. The molecule has 0 saturated carbocycles. The van der Waals surface area contributed by atoms with E-state index in [1.165, 1.54) is 35.2 Å². The maximum absolute atomic E-state index is 13.3. The van der Waals surface area contributed by atoms with Crippen LogP contribution in [0.5, 0.6) is 0 Å². The molecule has 1 amide bonds. The number of halogens is 3. The zero-order valence-electron chi connectivity index (χ0n) is 14.7. The maximum Gasteiger partial charge on any atom is 0.417 e. The first-order chi connectivity index (χ1) is 13.3. The van der Waals surface area contributed by atoms with Gasteiger partial charge >= 0.3 is 12.3 Å². The Kier molecular flexibility index (Phi) is 4.14. The normalized spacial score (nSPS) is 17.2. The second kappa shape index (κ2) is 6.40. The van der Waals surface area contributed by atoms with Crippen molar-refractivity contribution in [2.45, 2.75) is 19.1 Å². The first-order valence-corrected chi connectivity index (χ1v) is 8.55. The number of amides is 1. The summed E-state index contributed by atoms with van der Waals surface area (Å²) in [4.78, 5) is 28.4. The van der Waals surface area contributed by atoms with Crippen molar-refractivity contribution in [3.63, 3.8) is 0 Å². The molecule has 2 aromatic carbocycles. The molecule has 1 saturated heterocycles. The number of pyridine rings is 1. The molecule has 1 aromatic heterocycles. The van der Waals surface area contributed by atoms with Crippen molar-refractivity contribution in [1.82, 2.24) is 4.98 Å². The SMILES string of the molecule is CC1COC(=O)N1c1ccc2cc(-c3ccccc3C(F)(F)F)[nH]c(=O)c2c1. The predicted molar refractivity (Wildman–Crippen MR) is 98.3 cm³/mol. The third kappa shape index (κ3) is 3.00. The topological polar surface area (TPSA) is 62.4 Å². The Morgan fingerprint density at radius 2 is 1.86 bits per heavy atom. The zero-order valence-corrected chi connectivity index (χ0v) is 14.7. The van der Waals surface area contributed by atoms with Gasteiger partial charge < -0.3 is 9.72 Å². The summed E-state index contributed by atoms with van der Waals surface area (Å²) in [5.41, 5.74) is -0.889. The van der Waals surface area contributed by atoms with Crippen LogP contribution in [-0.4, -0.2) is 23.7 Å². The molecule has 0 spiro atoms. The third-order valence-corrected chi connectivity index (χ3v) is 4.72. The highest BCUT2D eigenvalue weighted by Crippen LogP contribution is 2.36. The molecular weight excluding hydrogens is 373 g/mol. The van der Waals surface area contributed by atoms with Gasteiger partial charge in [0.25, 0.3) is 5.56 Å². The molecule has 1 fully saturated rings. The fourth-order valence-corrected chi connectivity index (χ4v) is 3.38. The number of aromatic nitrogens is 1. The number of hydrogen-bond acceptors (Lipinski definition) is 3. The van der Waals surface area contributed by atoms with E-state index in [-0.39, 0.29) is 29.3 Å². The van der Waals surface area contributed by atoms with Gasteiger partial charge in [0.15, 0.2) is 0 Å². The highest BCUT2D eigenvalue weighted by Gasteiger charge is 2.34. The van der Waals surface area contributed by atoms with Gasteiger partial charge in [0.2, 0.25) is 0 Å². The van der Waals surface area contributed by atoms with Crippen molar-refractivity contribution >= 4 is 22.6 Å². The number of fused-ring (bicyclic) bond motifs is 1. The van der Waals surface area contributed by atoms with Gasteiger partial charge in [-0.1, -0.05) is 24.3 Å². The summed E-state index contributed by atoms with van der Waals surface area (Å²) >= 11 is 0. The Morgan fingerprint density at radius 3 is 2.54 bits per heavy atom. The third-order valence-electron chi connectivity index (χ3n) is 4.72. The van der Waals surface area contributed by atoms with Crippen molar-refractivity contribution in [2.24, 2.45) is 0 Å². The molecule has 1 N–H and O–H groups in total. The number of nitrogens with zero attached hydrogens (tertiary/aromatic N) is 1. The fourth-order valence-electron chi connectivity index (χ4n) is 3.38. The largest absolute Gasteiger partial charge is 0.447 e. The van der Waals surface area contributed by atoms with Gasteiger partial charge in [-0.3, -0.25) is 9.69 Å². The molecule has 144 valence electrons. The quantitative estimate of drug-likeness (QED) is 0.700. The van der Waals surface area contributed by atoms with Gasteiger partial charge in [-0.2, -0.15) is 13.2 Å². The number of rotatable bonds is 2. The number of H-pyrrole nitrogens is 1. The lowest BCUT2D eigenvalue weighted by molar-refractivity contribution is -0.137. The standard InChI is InChI=1S/C20H15F3N2O3/c1-11-10-28-19(27)25(11)13-7-6-12-8-17(24-18(26)15(12)9-13)14-4-2-3-5-16(14)20(21,22)23/h2-9,11H,10H2,1H3,(H,24,26). The minimum absolute atomic E-state index is 0.0760. The molecule has 4 rings (SSSR count). The highest BCUT2D eigenvalue weighted by atomic mass is 19.4. The summed E-state index contributed by atoms with van der Waals surface area (Å²) in [6, 6.07) is 11.2. The fraction of sp³-hybridized carbons (Fsp3) is 0.200. The average Bonchev–Trinajstić information content (AvgIpc) is 2.99. The minimum Gasteiger partial charge on any atom is -0.447 e. The van der Waals surface area contributed by atoms with Gasteiger partial charge in [0.05, 0.1) is 11.6 Å². The van der Waals surface area contributed by atoms with E-state index in [2.05, 4.69) is 4.98 Å². The summed E-state index contributed by atoms with van der Waals surface area (Å²) in [7, 11) is 0. The lowest BCUT2D eigenvalue weighted by Gasteiger charge is -2.18. The van der Waals surface area contributed by atoms with E-state index in [9.17, 15) is 22.8 Å². The van der Waals surface area contributed by atoms with Gasteiger partial charge in [0, 0.05) is 22.3 Å². The Bertz CT molecular complexity index is 1140. The smallest absolute Gasteiger partial charge is 0.417 e. The Morgan fingerprint density at radius 1 is 1.11 bits per heavy atom. The van der Waals surface area contributed by atoms with E-state index < -0.39 is 23.4 Å². The Balaban J connectivity index is 1.85. The number of benzene rings is 2. The number of ether oxygens (including phenoxy) is 1. The van der Waals surface area contributed by atoms with Crippen molar-refractivity contribution in [3.8, 4) is 11.3 Å². The summed E-state index contributed by atoms with van der Waals surface area (Å²) in [5.74, 6) is 0. The molecule has 1 unspecified atom stereocenters. The van der Waals surface area contributed by atoms with E-state index in [0.717, 1.165) is 6.07 Å². The van der Waals surface area contributed by atoms with Crippen molar-refractivity contribution in [1.29, 1.82) is 0 Å². The van der Waals surface area contributed by atoms with Crippen LogP contribution >= 0.6 is 0 Å². The molecule has 0 bridgehead atoms. The second-order valence-electron chi connectivity index (χ2n) is 6.62. The van der Waals surface area contributed by atoms with E-state index in [0.29, 0.717) is 11.1 Å². The lowest BCUT2D eigenvalue weighted by Crippen LogP contribution is -2.30. The van der Waals surface area contributed by atoms with Crippen LogP contribution in [0.2, 0.25) is 0 Å². The number of alkyl halides is 3.